The number of carbonyl (C=O) groups is 2. The Kier molecular flexibility index (Phi) is 2.99. The van der Waals surface area contributed by atoms with Crippen molar-refractivity contribution in [1.82, 2.24) is 0 Å². The SMILES string of the molecule is CCC(=O)Nc1ccc2c(c1)OCC(=O)N2C. The molecule has 1 aromatic rings. The summed E-state index contributed by atoms with van der Waals surface area (Å²) in [4.78, 5) is 24.2. The fraction of sp³-hybridized carbons (Fsp3) is 0.333. The van der Waals surface area contributed by atoms with Crippen LogP contribution in [0.2, 0.25) is 0 Å². The summed E-state index contributed by atoms with van der Waals surface area (Å²) >= 11 is 0. The zero-order valence-electron chi connectivity index (χ0n) is 9.82. The first-order valence-electron chi connectivity index (χ1n) is 5.45. The molecule has 5 heteroatoms. The summed E-state index contributed by atoms with van der Waals surface area (Å²) in [5.74, 6) is 0.481. The zero-order chi connectivity index (χ0) is 12.4. The molecule has 0 saturated heterocycles. The van der Waals surface area contributed by atoms with Gasteiger partial charge in [-0.25, -0.2) is 0 Å². The Morgan fingerprint density at radius 3 is 3.00 bits per heavy atom. The van der Waals surface area contributed by atoms with E-state index in [-0.39, 0.29) is 18.4 Å². The molecule has 90 valence electrons. The summed E-state index contributed by atoms with van der Waals surface area (Å²) in [7, 11) is 1.70. The minimum absolute atomic E-state index is 0.0364. The van der Waals surface area contributed by atoms with Crippen molar-refractivity contribution in [3.05, 3.63) is 18.2 Å². The highest BCUT2D eigenvalue weighted by Gasteiger charge is 2.22. The number of nitrogens with zero attached hydrogens (tertiary/aromatic N) is 1. The van der Waals surface area contributed by atoms with Gasteiger partial charge in [0.15, 0.2) is 6.61 Å². The van der Waals surface area contributed by atoms with Crippen molar-refractivity contribution in [1.29, 1.82) is 0 Å². The van der Waals surface area contributed by atoms with Crippen molar-refractivity contribution < 1.29 is 14.3 Å². The van der Waals surface area contributed by atoms with E-state index < -0.39 is 0 Å². The number of carbonyl (C=O) groups excluding carboxylic acids is 2. The van der Waals surface area contributed by atoms with Crippen molar-refractivity contribution in [3.8, 4) is 5.75 Å². The Bertz CT molecular complexity index is 471. The van der Waals surface area contributed by atoms with E-state index in [4.69, 9.17) is 4.74 Å². The fourth-order valence-corrected chi connectivity index (χ4v) is 1.60. The molecular formula is C12H14N2O3. The van der Waals surface area contributed by atoms with E-state index in [9.17, 15) is 9.59 Å². The third kappa shape index (κ3) is 2.22. The van der Waals surface area contributed by atoms with Gasteiger partial charge in [-0.05, 0) is 12.1 Å². The third-order valence-electron chi connectivity index (χ3n) is 2.65. The van der Waals surface area contributed by atoms with Crippen LogP contribution < -0.4 is 15.0 Å². The van der Waals surface area contributed by atoms with Crippen LogP contribution in [0.15, 0.2) is 18.2 Å². The minimum Gasteiger partial charge on any atom is -0.481 e. The van der Waals surface area contributed by atoms with Gasteiger partial charge in [0.25, 0.3) is 5.91 Å². The lowest BCUT2D eigenvalue weighted by molar-refractivity contribution is -0.121. The monoisotopic (exact) mass is 234 g/mol. The molecule has 1 aromatic carbocycles. The van der Waals surface area contributed by atoms with E-state index in [1.165, 1.54) is 0 Å². The van der Waals surface area contributed by atoms with Crippen molar-refractivity contribution in [2.24, 2.45) is 0 Å². The van der Waals surface area contributed by atoms with Crippen LogP contribution >= 0.6 is 0 Å². The maximum atomic E-state index is 11.4. The number of likely N-dealkylation sites (N-methyl/N-ethyl adjacent to an activating group) is 1. The second-order valence-corrected chi connectivity index (χ2v) is 3.83. The third-order valence-corrected chi connectivity index (χ3v) is 2.65. The minimum atomic E-state index is -0.0807. The largest absolute Gasteiger partial charge is 0.481 e. The van der Waals surface area contributed by atoms with Crippen LogP contribution in [-0.4, -0.2) is 25.5 Å². The number of hydrogen-bond acceptors (Lipinski definition) is 3. The number of anilines is 2. The van der Waals surface area contributed by atoms with Gasteiger partial charge in [0.05, 0.1) is 5.69 Å². The lowest BCUT2D eigenvalue weighted by Crippen LogP contribution is -2.35. The Labute approximate surface area is 99.4 Å². The first kappa shape index (κ1) is 11.4. The second kappa shape index (κ2) is 4.45. The Morgan fingerprint density at radius 1 is 1.53 bits per heavy atom. The van der Waals surface area contributed by atoms with E-state index >= 15 is 0 Å². The summed E-state index contributed by atoms with van der Waals surface area (Å²) in [6.07, 6.45) is 0.427. The van der Waals surface area contributed by atoms with Crippen LogP contribution in [0.3, 0.4) is 0 Å². The van der Waals surface area contributed by atoms with Crippen LogP contribution in [0.5, 0.6) is 5.75 Å². The molecule has 0 atom stereocenters. The van der Waals surface area contributed by atoms with Crippen LogP contribution in [0.4, 0.5) is 11.4 Å². The molecule has 17 heavy (non-hydrogen) atoms. The molecule has 0 saturated carbocycles. The Balaban J connectivity index is 2.26. The summed E-state index contributed by atoms with van der Waals surface area (Å²) in [5.41, 5.74) is 1.40. The molecule has 0 unspecified atom stereocenters. The summed E-state index contributed by atoms with van der Waals surface area (Å²) in [6.45, 7) is 1.82. The van der Waals surface area contributed by atoms with Crippen LogP contribution in [-0.2, 0) is 9.59 Å². The number of nitrogens with one attached hydrogen (secondary N) is 1. The molecule has 0 radical (unpaired) electrons. The fourth-order valence-electron chi connectivity index (χ4n) is 1.60. The average Bonchev–Trinajstić information content (AvgIpc) is 2.34. The normalized spacial score (nSPS) is 14.0. The first-order valence-corrected chi connectivity index (χ1v) is 5.45. The molecule has 1 heterocycles. The molecule has 0 aliphatic carbocycles. The molecule has 5 nitrogen and oxygen atoms in total. The molecule has 0 spiro atoms. The highest BCUT2D eigenvalue weighted by Crippen LogP contribution is 2.33. The van der Waals surface area contributed by atoms with Crippen molar-refractivity contribution in [2.45, 2.75) is 13.3 Å². The quantitative estimate of drug-likeness (QED) is 0.841. The highest BCUT2D eigenvalue weighted by molar-refractivity contribution is 5.98. The molecule has 0 aromatic heterocycles. The topological polar surface area (TPSA) is 58.6 Å². The Morgan fingerprint density at radius 2 is 2.29 bits per heavy atom. The number of amides is 2. The lowest BCUT2D eigenvalue weighted by atomic mass is 10.2. The van der Waals surface area contributed by atoms with Crippen molar-refractivity contribution in [3.63, 3.8) is 0 Å². The van der Waals surface area contributed by atoms with Gasteiger partial charge in [0.2, 0.25) is 5.91 Å². The molecule has 1 N–H and O–H groups in total. The maximum Gasteiger partial charge on any atom is 0.264 e. The number of fused-ring (bicyclic) bond motifs is 1. The van der Waals surface area contributed by atoms with E-state index in [1.54, 1.807) is 37.1 Å². The van der Waals surface area contributed by atoms with Gasteiger partial charge in [-0.1, -0.05) is 6.92 Å². The summed E-state index contributed by atoms with van der Waals surface area (Å²) < 4.78 is 5.32. The van der Waals surface area contributed by atoms with Crippen LogP contribution in [0.1, 0.15) is 13.3 Å². The predicted molar refractivity (Wildman–Crippen MR) is 64.3 cm³/mol. The van der Waals surface area contributed by atoms with Crippen LogP contribution in [0, 0.1) is 0 Å². The molecule has 0 bridgehead atoms. The van der Waals surface area contributed by atoms with Crippen molar-refractivity contribution >= 4 is 23.2 Å². The highest BCUT2D eigenvalue weighted by atomic mass is 16.5. The maximum absolute atomic E-state index is 11.4. The smallest absolute Gasteiger partial charge is 0.264 e. The van der Waals surface area contributed by atoms with Gasteiger partial charge in [0, 0.05) is 25.2 Å². The molecule has 0 fully saturated rings. The zero-order valence-corrected chi connectivity index (χ0v) is 9.82. The van der Waals surface area contributed by atoms with E-state index in [0.717, 1.165) is 5.69 Å². The Hall–Kier alpha value is -2.04. The molecule has 1 aliphatic heterocycles. The number of rotatable bonds is 2. The van der Waals surface area contributed by atoms with E-state index in [0.29, 0.717) is 17.9 Å². The molecular weight excluding hydrogens is 220 g/mol. The number of ether oxygens (including phenoxy) is 1. The number of benzene rings is 1. The average molecular weight is 234 g/mol. The van der Waals surface area contributed by atoms with Crippen LogP contribution in [0.25, 0.3) is 0 Å². The number of hydrogen-bond donors (Lipinski definition) is 1. The van der Waals surface area contributed by atoms with Gasteiger partial charge in [-0.15, -0.1) is 0 Å². The summed E-state index contributed by atoms with van der Waals surface area (Å²) in [6, 6.07) is 5.24. The van der Waals surface area contributed by atoms with E-state index in [1.807, 2.05) is 0 Å². The van der Waals surface area contributed by atoms with Gasteiger partial charge in [0.1, 0.15) is 5.75 Å². The predicted octanol–water partition coefficient (Wildman–Crippen LogP) is 1.39. The van der Waals surface area contributed by atoms with E-state index in [2.05, 4.69) is 5.32 Å². The molecule has 2 amide bonds. The van der Waals surface area contributed by atoms with Gasteiger partial charge >= 0.3 is 0 Å². The lowest BCUT2D eigenvalue weighted by Gasteiger charge is -2.26. The molecule has 1 aliphatic rings. The second-order valence-electron chi connectivity index (χ2n) is 3.83. The standard InChI is InChI=1S/C12H14N2O3/c1-3-11(15)13-8-4-5-9-10(6-8)17-7-12(16)14(9)2/h4-6H,3,7H2,1-2H3,(H,13,15). The van der Waals surface area contributed by atoms with Crippen molar-refractivity contribution in [2.75, 3.05) is 23.9 Å². The van der Waals surface area contributed by atoms with Gasteiger partial charge in [-0.2, -0.15) is 0 Å². The van der Waals surface area contributed by atoms with Gasteiger partial charge < -0.3 is 15.0 Å². The summed E-state index contributed by atoms with van der Waals surface area (Å²) in [5, 5.41) is 2.75. The first-order chi connectivity index (χ1) is 8.11. The van der Waals surface area contributed by atoms with Gasteiger partial charge in [-0.3, -0.25) is 9.59 Å². The molecule has 2 rings (SSSR count).